The van der Waals surface area contributed by atoms with Crippen molar-refractivity contribution in [3.63, 3.8) is 0 Å². The predicted octanol–water partition coefficient (Wildman–Crippen LogP) is 3.20. The summed E-state index contributed by atoms with van der Waals surface area (Å²) in [7, 11) is 0. The highest BCUT2D eigenvalue weighted by Crippen LogP contribution is 2.26. The largest absolute Gasteiger partial charge is 0.386 e. The van der Waals surface area contributed by atoms with Gasteiger partial charge in [0.1, 0.15) is 6.10 Å². The third kappa shape index (κ3) is 3.48. The van der Waals surface area contributed by atoms with Crippen LogP contribution in [-0.2, 0) is 4.74 Å². The van der Waals surface area contributed by atoms with Crippen LogP contribution in [0.25, 0.3) is 0 Å². The summed E-state index contributed by atoms with van der Waals surface area (Å²) >= 11 is 0. The van der Waals surface area contributed by atoms with Gasteiger partial charge in [-0.05, 0) is 19.4 Å². The molecular formula is C13H18F2O2. The van der Waals surface area contributed by atoms with Crippen LogP contribution < -0.4 is 0 Å². The van der Waals surface area contributed by atoms with E-state index in [0.717, 1.165) is 12.5 Å². The summed E-state index contributed by atoms with van der Waals surface area (Å²) in [6.07, 6.45) is -0.226. The van der Waals surface area contributed by atoms with Gasteiger partial charge in [0, 0.05) is 12.2 Å². The average Bonchev–Trinajstić information content (AvgIpc) is 2.31. The zero-order valence-corrected chi connectivity index (χ0v) is 10.1. The minimum Gasteiger partial charge on any atom is -0.386 e. The Kier molecular flexibility index (Phi) is 5.51. The maximum Gasteiger partial charge on any atom is 0.164 e. The number of aliphatic hydroxyl groups excluding tert-OH is 1. The van der Waals surface area contributed by atoms with Crippen molar-refractivity contribution in [3.8, 4) is 0 Å². The van der Waals surface area contributed by atoms with E-state index in [1.54, 1.807) is 6.92 Å². The van der Waals surface area contributed by atoms with Crippen molar-refractivity contribution in [2.24, 2.45) is 0 Å². The van der Waals surface area contributed by atoms with Gasteiger partial charge in [-0.25, -0.2) is 8.78 Å². The van der Waals surface area contributed by atoms with E-state index in [4.69, 9.17) is 4.74 Å². The van der Waals surface area contributed by atoms with Crippen LogP contribution in [0.4, 0.5) is 8.78 Å². The predicted molar refractivity (Wildman–Crippen MR) is 61.6 cm³/mol. The van der Waals surface area contributed by atoms with E-state index in [-0.39, 0.29) is 5.56 Å². The van der Waals surface area contributed by atoms with Gasteiger partial charge in [0.25, 0.3) is 0 Å². The van der Waals surface area contributed by atoms with Crippen molar-refractivity contribution in [2.75, 3.05) is 6.61 Å². The Morgan fingerprint density at radius 3 is 2.59 bits per heavy atom. The van der Waals surface area contributed by atoms with Crippen LogP contribution in [0, 0.1) is 11.6 Å². The van der Waals surface area contributed by atoms with Crippen molar-refractivity contribution in [2.45, 2.75) is 38.9 Å². The Bertz CT molecular complexity index is 349. The lowest BCUT2D eigenvalue weighted by atomic mass is 10.0. The number of benzene rings is 1. The number of aliphatic hydroxyl groups is 1. The van der Waals surface area contributed by atoms with Crippen LogP contribution in [0.2, 0.25) is 0 Å². The van der Waals surface area contributed by atoms with E-state index in [0.29, 0.717) is 13.0 Å². The van der Waals surface area contributed by atoms with Crippen LogP contribution in [0.5, 0.6) is 0 Å². The minimum atomic E-state index is -1.13. The molecule has 0 saturated carbocycles. The maximum atomic E-state index is 13.5. The lowest BCUT2D eigenvalue weighted by Crippen LogP contribution is -2.23. The summed E-state index contributed by atoms with van der Waals surface area (Å²) in [4.78, 5) is 0. The minimum absolute atomic E-state index is 0.0445. The Hall–Kier alpha value is -1.00. The fraction of sp³-hybridized carbons (Fsp3) is 0.538. The molecule has 0 spiro atoms. The second-order valence-electron chi connectivity index (χ2n) is 3.87. The normalized spacial score (nSPS) is 14.6. The molecule has 0 amide bonds. The van der Waals surface area contributed by atoms with E-state index >= 15 is 0 Å². The van der Waals surface area contributed by atoms with E-state index in [9.17, 15) is 13.9 Å². The Balaban J connectivity index is 2.92. The van der Waals surface area contributed by atoms with Gasteiger partial charge in [-0.15, -0.1) is 0 Å². The molecule has 0 heterocycles. The highest BCUT2D eigenvalue weighted by molar-refractivity contribution is 5.22. The van der Waals surface area contributed by atoms with Crippen LogP contribution in [0.3, 0.4) is 0 Å². The lowest BCUT2D eigenvalue weighted by molar-refractivity contribution is -0.0400. The van der Waals surface area contributed by atoms with Crippen LogP contribution in [0.15, 0.2) is 18.2 Å². The second-order valence-corrected chi connectivity index (χ2v) is 3.87. The van der Waals surface area contributed by atoms with Crippen molar-refractivity contribution < 1.29 is 18.6 Å². The molecule has 2 unspecified atom stereocenters. The molecule has 0 aliphatic carbocycles. The third-order valence-corrected chi connectivity index (χ3v) is 2.61. The van der Waals surface area contributed by atoms with Crippen LogP contribution in [-0.4, -0.2) is 17.8 Å². The number of halogens is 2. The van der Waals surface area contributed by atoms with Crippen molar-refractivity contribution in [3.05, 3.63) is 35.4 Å². The zero-order valence-electron chi connectivity index (χ0n) is 10.1. The highest BCUT2D eigenvalue weighted by atomic mass is 19.2. The molecule has 17 heavy (non-hydrogen) atoms. The molecule has 1 aromatic rings. The van der Waals surface area contributed by atoms with Gasteiger partial charge in [-0.3, -0.25) is 0 Å². The van der Waals surface area contributed by atoms with Gasteiger partial charge in [-0.1, -0.05) is 25.5 Å². The van der Waals surface area contributed by atoms with Gasteiger partial charge >= 0.3 is 0 Å². The Morgan fingerprint density at radius 2 is 2.00 bits per heavy atom. The standard InChI is InChI=1S/C13H18F2O2/c1-3-6-11(17-4-2)13(16)9-7-5-8-10(14)12(9)15/h5,7-8,11,13,16H,3-4,6H2,1-2H3. The summed E-state index contributed by atoms with van der Waals surface area (Å²) in [5, 5.41) is 10.0. The van der Waals surface area contributed by atoms with E-state index < -0.39 is 23.8 Å². The van der Waals surface area contributed by atoms with E-state index in [1.165, 1.54) is 12.1 Å². The van der Waals surface area contributed by atoms with Gasteiger partial charge in [0.15, 0.2) is 11.6 Å². The fourth-order valence-corrected chi connectivity index (χ4v) is 1.78. The van der Waals surface area contributed by atoms with Crippen molar-refractivity contribution in [1.82, 2.24) is 0 Å². The van der Waals surface area contributed by atoms with Crippen molar-refractivity contribution >= 4 is 0 Å². The first-order chi connectivity index (χ1) is 8.11. The molecule has 2 atom stereocenters. The zero-order chi connectivity index (χ0) is 12.8. The van der Waals surface area contributed by atoms with Gasteiger partial charge < -0.3 is 9.84 Å². The summed E-state index contributed by atoms with van der Waals surface area (Å²) in [5.41, 5.74) is -0.0445. The first kappa shape index (κ1) is 14.1. The topological polar surface area (TPSA) is 29.5 Å². The number of rotatable bonds is 6. The smallest absolute Gasteiger partial charge is 0.164 e. The summed E-state index contributed by atoms with van der Waals surface area (Å²) < 4.78 is 31.9. The molecule has 2 nitrogen and oxygen atoms in total. The number of hydrogen-bond donors (Lipinski definition) is 1. The monoisotopic (exact) mass is 244 g/mol. The number of hydrogen-bond acceptors (Lipinski definition) is 2. The molecule has 0 radical (unpaired) electrons. The molecule has 96 valence electrons. The van der Waals surface area contributed by atoms with Gasteiger partial charge in [0.2, 0.25) is 0 Å². The Labute approximate surface area is 100 Å². The molecule has 0 aliphatic rings. The Morgan fingerprint density at radius 1 is 1.29 bits per heavy atom. The SMILES string of the molecule is CCCC(OCC)C(O)c1cccc(F)c1F. The van der Waals surface area contributed by atoms with Crippen LogP contribution >= 0.6 is 0 Å². The molecule has 0 saturated heterocycles. The molecule has 0 aliphatic heterocycles. The maximum absolute atomic E-state index is 13.5. The molecule has 0 bridgehead atoms. The van der Waals surface area contributed by atoms with Crippen molar-refractivity contribution in [1.29, 1.82) is 0 Å². The molecule has 1 aromatic carbocycles. The van der Waals surface area contributed by atoms with Crippen LogP contribution in [0.1, 0.15) is 38.4 Å². The molecule has 1 rings (SSSR count). The van der Waals surface area contributed by atoms with Gasteiger partial charge in [-0.2, -0.15) is 0 Å². The fourth-order valence-electron chi connectivity index (χ4n) is 1.78. The van der Waals surface area contributed by atoms with E-state index in [1.807, 2.05) is 6.92 Å². The summed E-state index contributed by atoms with van der Waals surface area (Å²) in [6, 6.07) is 3.79. The second kappa shape index (κ2) is 6.67. The third-order valence-electron chi connectivity index (χ3n) is 2.61. The highest BCUT2D eigenvalue weighted by Gasteiger charge is 2.24. The summed E-state index contributed by atoms with van der Waals surface area (Å²) in [5.74, 6) is -1.95. The molecule has 4 heteroatoms. The van der Waals surface area contributed by atoms with E-state index in [2.05, 4.69) is 0 Å². The number of ether oxygens (including phenoxy) is 1. The first-order valence-electron chi connectivity index (χ1n) is 5.85. The average molecular weight is 244 g/mol. The molecular weight excluding hydrogens is 226 g/mol. The van der Waals surface area contributed by atoms with Gasteiger partial charge in [0.05, 0.1) is 6.10 Å². The lowest BCUT2D eigenvalue weighted by Gasteiger charge is -2.23. The molecule has 1 N–H and O–H groups in total. The quantitative estimate of drug-likeness (QED) is 0.832. The molecule has 0 aromatic heterocycles. The molecule has 0 fully saturated rings. The first-order valence-corrected chi connectivity index (χ1v) is 5.85. The summed E-state index contributed by atoms with van der Waals surface area (Å²) in [6.45, 7) is 4.18.